The van der Waals surface area contributed by atoms with Crippen LogP contribution in [0.4, 0.5) is 0 Å². The van der Waals surface area contributed by atoms with Gasteiger partial charge in [0.2, 0.25) is 10.0 Å². The summed E-state index contributed by atoms with van der Waals surface area (Å²) < 4.78 is 30.8. The molecule has 0 bridgehead atoms. The van der Waals surface area contributed by atoms with Gasteiger partial charge in [-0.3, -0.25) is 9.59 Å². The molecule has 0 saturated heterocycles. The zero-order chi connectivity index (χ0) is 17.8. The van der Waals surface area contributed by atoms with E-state index in [2.05, 4.69) is 0 Å². The van der Waals surface area contributed by atoms with Gasteiger partial charge in [-0.1, -0.05) is 0 Å². The molecule has 0 heterocycles. The molecular formula is C14H19IN2O5S. The molecule has 128 valence electrons. The molecule has 0 aliphatic heterocycles. The molecule has 1 aromatic carbocycles. The summed E-state index contributed by atoms with van der Waals surface area (Å²) in [6, 6.07) is 4.32. The zero-order valence-corrected chi connectivity index (χ0v) is 16.3. The second-order valence-corrected chi connectivity index (χ2v) is 8.21. The van der Waals surface area contributed by atoms with Gasteiger partial charge in [0, 0.05) is 24.7 Å². The second-order valence-electron chi connectivity index (χ2n) is 4.90. The number of amides is 1. The van der Waals surface area contributed by atoms with Crippen molar-refractivity contribution in [3.8, 4) is 0 Å². The van der Waals surface area contributed by atoms with Crippen molar-refractivity contribution in [1.29, 1.82) is 0 Å². The van der Waals surface area contributed by atoms with Crippen LogP contribution in [-0.4, -0.2) is 63.8 Å². The van der Waals surface area contributed by atoms with Crippen LogP contribution in [0.2, 0.25) is 0 Å². The lowest BCUT2D eigenvalue weighted by Crippen LogP contribution is -2.33. The number of halogens is 1. The first-order valence-corrected chi connectivity index (χ1v) is 9.26. The van der Waals surface area contributed by atoms with E-state index in [0.717, 1.165) is 4.31 Å². The number of likely N-dealkylation sites (N-methyl/N-ethyl adjacent to an activating group) is 1. The van der Waals surface area contributed by atoms with Crippen LogP contribution in [-0.2, 0) is 19.6 Å². The average Bonchev–Trinajstić information content (AvgIpc) is 2.46. The van der Waals surface area contributed by atoms with E-state index in [1.807, 2.05) is 22.6 Å². The summed E-state index contributed by atoms with van der Waals surface area (Å²) in [6.45, 7) is 1.71. The number of carbonyl (C=O) groups is 2. The first-order valence-electron chi connectivity index (χ1n) is 6.74. The van der Waals surface area contributed by atoms with Crippen LogP contribution in [0.5, 0.6) is 0 Å². The van der Waals surface area contributed by atoms with Gasteiger partial charge in [0.05, 0.1) is 17.1 Å². The third-order valence-electron chi connectivity index (χ3n) is 2.97. The molecule has 23 heavy (non-hydrogen) atoms. The lowest BCUT2D eigenvalue weighted by atomic mass is 10.2. The van der Waals surface area contributed by atoms with Gasteiger partial charge in [0.25, 0.3) is 5.91 Å². The predicted molar refractivity (Wildman–Crippen MR) is 93.6 cm³/mol. The minimum Gasteiger partial charge on any atom is -0.465 e. The standard InChI is InChI=1S/C14H19IN2O5S/c1-5-22-13(18)9-17(4)14(19)11-8-10(6-7-12(11)15)23(20,21)16(2)3/h6-8H,5,9H2,1-4H3. The number of hydrogen-bond donors (Lipinski definition) is 0. The Morgan fingerprint density at radius 3 is 2.35 bits per heavy atom. The lowest BCUT2D eigenvalue weighted by Gasteiger charge is -2.18. The molecule has 0 aromatic heterocycles. The highest BCUT2D eigenvalue weighted by Gasteiger charge is 2.23. The maximum Gasteiger partial charge on any atom is 0.325 e. The minimum atomic E-state index is -3.64. The molecule has 0 fully saturated rings. The third-order valence-corrected chi connectivity index (χ3v) is 5.72. The fraction of sp³-hybridized carbons (Fsp3) is 0.429. The first kappa shape index (κ1) is 19.8. The van der Waals surface area contributed by atoms with Crippen LogP contribution < -0.4 is 0 Å². The fourth-order valence-corrected chi connectivity index (χ4v) is 3.21. The summed E-state index contributed by atoms with van der Waals surface area (Å²) in [5, 5.41) is 0. The Kier molecular flexibility index (Phi) is 6.96. The molecular weight excluding hydrogens is 435 g/mol. The van der Waals surface area contributed by atoms with Gasteiger partial charge in [-0.25, -0.2) is 12.7 Å². The molecule has 0 radical (unpaired) electrons. The summed E-state index contributed by atoms with van der Waals surface area (Å²) in [5.74, 6) is -0.964. The Balaban J connectivity index is 3.13. The molecule has 0 saturated carbocycles. The zero-order valence-electron chi connectivity index (χ0n) is 13.4. The largest absolute Gasteiger partial charge is 0.465 e. The maximum atomic E-state index is 12.5. The summed E-state index contributed by atoms with van der Waals surface area (Å²) in [4.78, 5) is 25.1. The van der Waals surface area contributed by atoms with Crippen LogP contribution in [0, 0.1) is 3.57 Å². The lowest BCUT2D eigenvalue weighted by molar-refractivity contribution is -0.143. The van der Waals surface area contributed by atoms with Crippen LogP contribution in [0.25, 0.3) is 0 Å². The van der Waals surface area contributed by atoms with E-state index in [1.54, 1.807) is 13.0 Å². The van der Waals surface area contributed by atoms with E-state index in [1.165, 1.54) is 38.2 Å². The minimum absolute atomic E-state index is 0.0239. The highest BCUT2D eigenvalue weighted by atomic mass is 127. The van der Waals surface area contributed by atoms with Crippen molar-refractivity contribution < 1.29 is 22.7 Å². The van der Waals surface area contributed by atoms with Crippen molar-refractivity contribution in [2.24, 2.45) is 0 Å². The number of hydrogen-bond acceptors (Lipinski definition) is 5. The van der Waals surface area contributed by atoms with Crippen LogP contribution >= 0.6 is 22.6 Å². The van der Waals surface area contributed by atoms with Crippen LogP contribution in [0.15, 0.2) is 23.1 Å². The smallest absolute Gasteiger partial charge is 0.325 e. The van der Waals surface area contributed by atoms with Crippen molar-refractivity contribution in [3.05, 3.63) is 27.3 Å². The second kappa shape index (κ2) is 8.06. The summed E-state index contributed by atoms with van der Waals surface area (Å²) in [5.41, 5.74) is 0.223. The Labute approximate surface area is 149 Å². The quantitative estimate of drug-likeness (QED) is 0.476. The molecule has 1 aromatic rings. The number of sulfonamides is 1. The van der Waals surface area contributed by atoms with Crippen LogP contribution in [0.3, 0.4) is 0 Å². The molecule has 0 atom stereocenters. The first-order chi connectivity index (χ1) is 10.6. The van der Waals surface area contributed by atoms with Crippen molar-refractivity contribution in [2.75, 3.05) is 34.3 Å². The van der Waals surface area contributed by atoms with Gasteiger partial charge in [-0.15, -0.1) is 0 Å². The van der Waals surface area contributed by atoms with Crippen molar-refractivity contribution >= 4 is 44.5 Å². The normalized spacial score (nSPS) is 11.4. The summed E-state index contributed by atoms with van der Waals surface area (Å²) >= 11 is 1.95. The van der Waals surface area contributed by atoms with E-state index < -0.39 is 21.9 Å². The van der Waals surface area contributed by atoms with E-state index in [-0.39, 0.29) is 23.6 Å². The summed E-state index contributed by atoms with van der Waals surface area (Å²) in [7, 11) is 0.658. The highest BCUT2D eigenvalue weighted by molar-refractivity contribution is 14.1. The Morgan fingerprint density at radius 2 is 1.83 bits per heavy atom. The van der Waals surface area contributed by atoms with Crippen LogP contribution in [0.1, 0.15) is 17.3 Å². The van der Waals surface area contributed by atoms with E-state index in [4.69, 9.17) is 4.74 Å². The van der Waals surface area contributed by atoms with Crippen molar-refractivity contribution in [3.63, 3.8) is 0 Å². The molecule has 7 nitrogen and oxygen atoms in total. The highest BCUT2D eigenvalue weighted by Crippen LogP contribution is 2.21. The fourth-order valence-electron chi connectivity index (χ4n) is 1.72. The van der Waals surface area contributed by atoms with Gasteiger partial charge < -0.3 is 9.64 Å². The number of benzene rings is 1. The number of carbonyl (C=O) groups excluding carboxylic acids is 2. The molecule has 0 aliphatic carbocycles. The average molecular weight is 454 g/mol. The van der Waals surface area contributed by atoms with Crippen molar-refractivity contribution in [1.82, 2.24) is 9.21 Å². The molecule has 9 heteroatoms. The number of esters is 1. The van der Waals surface area contributed by atoms with E-state index in [9.17, 15) is 18.0 Å². The molecule has 1 rings (SSSR count). The maximum absolute atomic E-state index is 12.5. The predicted octanol–water partition coefficient (Wildman–Crippen LogP) is 1.18. The molecule has 0 unspecified atom stereocenters. The Morgan fingerprint density at radius 1 is 1.22 bits per heavy atom. The van der Waals surface area contributed by atoms with Gasteiger partial charge in [0.15, 0.2) is 0 Å². The molecule has 0 spiro atoms. The summed E-state index contributed by atoms with van der Waals surface area (Å²) in [6.07, 6.45) is 0. The number of ether oxygens (including phenoxy) is 1. The third kappa shape index (κ3) is 4.88. The van der Waals surface area contributed by atoms with Gasteiger partial charge in [-0.05, 0) is 47.7 Å². The SMILES string of the molecule is CCOC(=O)CN(C)C(=O)c1cc(S(=O)(=O)N(C)C)ccc1I. The number of rotatable bonds is 6. The van der Waals surface area contributed by atoms with Crippen molar-refractivity contribution in [2.45, 2.75) is 11.8 Å². The Bertz CT molecular complexity index is 703. The monoisotopic (exact) mass is 454 g/mol. The van der Waals surface area contributed by atoms with Gasteiger partial charge in [-0.2, -0.15) is 0 Å². The van der Waals surface area contributed by atoms with Gasteiger partial charge in [0.1, 0.15) is 6.54 Å². The molecule has 1 amide bonds. The Hall–Kier alpha value is -1.20. The van der Waals surface area contributed by atoms with Gasteiger partial charge >= 0.3 is 5.97 Å². The molecule has 0 N–H and O–H groups in total. The number of nitrogens with zero attached hydrogens (tertiary/aromatic N) is 2. The van der Waals surface area contributed by atoms with E-state index >= 15 is 0 Å². The topological polar surface area (TPSA) is 84.0 Å². The molecule has 0 aliphatic rings. The van der Waals surface area contributed by atoms with E-state index in [0.29, 0.717) is 3.57 Å².